The third-order valence-electron chi connectivity index (χ3n) is 2.32. The van der Waals surface area contributed by atoms with E-state index >= 15 is 0 Å². The van der Waals surface area contributed by atoms with Gasteiger partial charge in [-0.2, -0.15) is 0 Å². The predicted molar refractivity (Wildman–Crippen MR) is 68.5 cm³/mol. The van der Waals surface area contributed by atoms with Crippen molar-refractivity contribution in [2.24, 2.45) is 0 Å². The molecule has 1 atom stereocenters. The highest BCUT2D eigenvalue weighted by atomic mass is 32.1. The molecule has 0 radical (unpaired) electrons. The van der Waals surface area contributed by atoms with Crippen molar-refractivity contribution in [3.8, 4) is 0 Å². The predicted octanol–water partition coefficient (Wildman–Crippen LogP) is 1.71. The lowest BCUT2D eigenvalue weighted by molar-refractivity contribution is 0.0499. The minimum Gasteiger partial charge on any atom is -0.385 e. The Bertz CT molecular complexity index is 341. The topological polar surface area (TPSA) is 71.2 Å². The standard InChI is InChI=1S/C11H21N3OS/c1-10(2,3)14-6-5-11(4,15)8-7-13-9(12)16-8/h7,14-15H,5-6H2,1-4H3,(H2,12,13). The van der Waals surface area contributed by atoms with Gasteiger partial charge >= 0.3 is 0 Å². The summed E-state index contributed by atoms with van der Waals surface area (Å²) < 4.78 is 0. The van der Waals surface area contributed by atoms with Crippen LogP contribution in [0.2, 0.25) is 0 Å². The van der Waals surface area contributed by atoms with E-state index in [1.807, 2.05) is 0 Å². The molecule has 0 aliphatic carbocycles. The van der Waals surface area contributed by atoms with Crippen LogP contribution in [0, 0.1) is 0 Å². The van der Waals surface area contributed by atoms with E-state index in [1.165, 1.54) is 11.3 Å². The van der Waals surface area contributed by atoms with Crippen LogP contribution in [-0.4, -0.2) is 22.2 Å². The van der Waals surface area contributed by atoms with Crippen molar-refractivity contribution in [1.29, 1.82) is 0 Å². The van der Waals surface area contributed by atoms with E-state index in [0.717, 1.165) is 11.4 Å². The maximum absolute atomic E-state index is 10.3. The number of aromatic nitrogens is 1. The Kier molecular flexibility index (Phi) is 3.93. The van der Waals surface area contributed by atoms with Gasteiger partial charge in [0.15, 0.2) is 5.13 Å². The number of rotatable bonds is 4. The molecule has 0 aliphatic heterocycles. The highest BCUT2D eigenvalue weighted by Gasteiger charge is 2.25. The van der Waals surface area contributed by atoms with Crippen molar-refractivity contribution in [1.82, 2.24) is 10.3 Å². The van der Waals surface area contributed by atoms with E-state index in [0.29, 0.717) is 11.6 Å². The van der Waals surface area contributed by atoms with Crippen LogP contribution in [0.3, 0.4) is 0 Å². The lowest BCUT2D eigenvalue weighted by atomic mass is 10.00. The molecule has 1 rings (SSSR count). The second-order valence-electron chi connectivity index (χ2n) is 5.26. The molecule has 0 amide bonds. The highest BCUT2D eigenvalue weighted by Crippen LogP contribution is 2.30. The van der Waals surface area contributed by atoms with Crippen LogP contribution in [0.4, 0.5) is 5.13 Å². The molecule has 4 N–H and O–H groups in total. The fraction of sp³-hybridized carbons (Fsp3) is 0.727. The van der Waals surface area contributed by atoms with Gasteiger partial charge in [-0.15, -0.1) is 0 Å². The normalized spacial score (nSPS) is 16.1. The number of thiazole rings is 1. The van der Waals surface area contributed by atoms with Gasteiger partial charge in [-0.3, -0.25) is 0 Å². The zero-order chi connectivity index (χ0) is 12.4. The summed E-state index contributed by atoms with van der Waals surface area (Å²) in [5, 5.41) is 14.1. The summed E-state index contributed by atoms with van der Waals surface area (Å²) in [4.78, 5) is 4.78. The van der Waals surface area contributed by atoms with E-state index in [2.05, 4.69) is 31.1 Å². The highest BCUT2D eigenvalue weighted by molar-refractivity contribution is 7.15. The van der Waals surface area contributed by atoms with Crippen molar-refractivity contribution >= 4 is 16.5 Å². The van der Waals surface area contributed by atoms with Gasteiger partial charge in [0.1, 0.15) is 0 Å². The first-order valence-electron chi connectivity index (χ1n) is 5.40. The largest absolute Gasteiger partial charge is 0.385 e. The van der Waals surface area contributed by atoms with Gasteiger partial charge < -0.3 is 16.2 Å². The van der Waals surface area contributed by atoms with Gasteiger partial charge in [0.2, 0.25) is 0 Å². The van der Waals surface area contributed by atoms with Crippen molar-refractivity contribution in [3.05, 3.63) is 11.1 Å². The van der Waals surface area contributed by atoms with Crippen molar-refractivity contribution in [3.63, 3.8) is 0 Å². The summed E-state index contributed by atoms with van der Waals surface area (Å²) in [6, 6.07) is 0. The molecule has 0 bridgehead atoms. The summed E-state index contributed by atoms with van der Waals surface area (Å²) in [6.07, 6.45) is 2.29. The number of aliphatic hydroxyl groups is 1. The Morgan fingerprint density at radius 1 is 1.44 bits per heavy atom. The monoisotopic (exact) mass is 243 g/mol. The molecular weight excluding hydrogens is 222 g/mol. The summed E-state index contributed by atoms with van der Waals surface area (Å²) >= 11 is 1.34. The molecule has 5 heteroatoms. The molecule has 4 nitrogen and oxygen atoms in total. The lowest BCUT2D eigenvalue weighted by Gasteiger charge is -2.25. The van der Waals surface area contributed by atoms with E-state index in [4.69, 9.17) is 5.73 Å². The smallest absolute Gasteiger partial charge is 0.180 e. The summed E-state index contributed by atoms with van der Waals surface area (Å²) in [7, 11) is 0. The fourth-order valence-electron chi connectivity index (χ4n) is 1.34. The Labute approximate surface area is 101 Å². The summed E-state index contributed by atoms with van der Waals surface area (Å²) in [5.74, 6) is 0. The first kappa shape index (κ1) is 13.4. The van der Waals surface area contributed by atoms with Crippen LogP contribution in [0.25, 0.3) is 0 Å². The number of nitrogens with two attached hydrogens (primary N) is 1. The Balaban J connectivity index is 2.52. The van der Waals surface area contributed by atoms with Crippen molar-refractivity contribution in [2.45, 2.75) is 45.3 Å². The van der Waals surface area contributed by atoms with Gasteiger partial charge in [0.05, 0.1) is 10.5 Å². The molecule has 0 saturated heterocycles. The average molecular weight is 243 g/mol. The second-order valence-corrected chi connectivity index (χ2v) is 6.33. The maximum atomic E-state index is 10.3. The average Bonchev–Trinajstić information content (AvgIpc) is 2.49. The van der Waals surface area contributed by atoms with Gasteiger partial charge in [0.25, 0.3) is 0 Å². The third-order valence-corrected chi connectivity index (χ3v) is 3.40. The fourth-order valence-corrected chi connectivity index (χ4v) is 2.10. The Morgan fingerprint density at radius 3 is 2.50 bits per heavy atom. The molecule has 1 aromatic heterocycles. The number of nitrogens with zero attached hydrogens (tertiary/aromatic N) is 1. The van der Waals surface area contributed by atoms with Gasteiger partial charge in [-0.1, -0.05) is 11.3 Å². The number of nitrogens with one attached hydrogen (secondary N) is 1. The molecular formula is C11H21N3OS. The SMILES string of the molecule is CC(C)(C)NCCC(C)(O)c1cnc(N)s1. The molecule has 0 saturated carbocycles. The van der Waals surface area contributed by atoms with Gasteiger partial charge in [-0.05, 0) is 40.7 Å². The van der Waals surface area contributed by atoms with Crippen molar-refractivity contribution in [2.75, 3.05) is 12.3 Å². The Hall–Kier alpha value is -0.650. The van der Waals surface area contributed by atoms with Gasteiger partial charge in [0, 0.05) is 11.7 Å². The van der Waals surface area contributed by atoms with Crippen LogP contribution < -0.4 is 11.1 Å². The van der Waals surface area contributed by atoms with Crippen LogP contribution >= 0.6 is 11.3 Å². The van der Waals surface area contributed by atoms with Crippen LogP contribution in [0.5, 0.6) is 0 Å². The lowest BCUT2D eigenvalue weighted by Crippen LogP contribution is -2.38. The van der Waals surface area contributed by atoms with E-state index in [9.17, 15) is 5.11 Å². The molecule has 0 aromatic carbocycles. The first-order valence-corrected chi connectivity index (χ1v) is 6.21. The molecule has 1 heterocycles. The zero-order valence-corrected chi connectivity index (χ0v) is 11.2. The van der Waals surface area contributed by atoms with Crippen LogP contribution in [0.15, 0.2) is 6.20 Å². The second kappa shape index (κ2) is 4.69. The summed E-state index contributed by atoms with van der Waals surface area (Å²) in [5.41, 5.74) is 4.77. The molecule has 16 heavy (non-hydrogen) atoms. The number of hydrogen-bond acceptors (Lipinski definition) is 5. The van der Waals surface area contributed by atoms with E-state index < -0.39 is 5.60 Å². The number of hydrogen-bond donors (Lipinski definition) is 3. The molecule has 0 spiro atoms. The van der Waals surface area contributed by atoms with Crippen LogP contribution in [-0.2, 0) is 5.60 Å². The van der Waals surface area contributed by atoms with Crippen LogP contribution in [0.1, 0.15) is 39.0 Å². The van der Waals surface area contributed by atoms with Crippen molar-refractivity contribution < 1.29 is 5.11 Å². The first-order chi connectivity index (χ1) is 7.21. The molecule has 92 valence electrons. The molecule has 1 aromatic rings. The maximum Gasteiger partial charge on any atom is 0.180 e. The van der Waals surface area contributed by atoms with E-state index in [-0.39, 0.29) is 5.54 Å². The summed E-state index contributed by atoms with van der Waals surface area (Å²) in [6.45, 7) is 8.86. The van der Waals surface area contributed by atoms with E-state index in [1.54, 1.807) is 13.1 Å². The third kappa shape index (κ3) is 4.08. The quantitative estimate of drug-likeness (QED) is 0.753. The molecule has 0 aliphatic rings. The molecule has 1 unspecified atom stereocenters. The number of anilines is 1. The Morgan fingerprint density at radius 2 is 2.06 bits per heavy atom. The minimum atomic E-state index is -0.854. The minimum absolute atomic E-state index is 0.0722. The van der Waals surface area contributed by atoms with Gasteiger partial charge in [-0.25, -0.2) is 4.98 Å². The zero-order valence-electron chi connectivity index (χ0n) is 10.4. The number of nitrogen functional groups attached to an aromatic ring is 1. The molecule has 0 fully saturated rings.